The van der Waals surface area contributed by atoms with Crippen LogP contribution in [-0.4, -0.2) is 27.6 Å². The van der Waals surface area contributed by atoms with Gasteiger partial charge in [0.15, 0.2) is 0 Å². The van der Waals surface area contributed by atoms with Crippen molar-refractivity contribution in [3.05, 3.63) is 66.3 Å². The van der Waals surface area contributed by atoms with Gasteiger partial charge in [0, 0.05) is 11.9 Å². The first-order valence-electron chi connectivity index (χ1n) is 7.16. The van der Waals surface area contributed by atoms with Crippen molar-refractivity contribution in [3.63, 3.8) is 0 Å². The van der Waals surface area contributed by atoms with E-state index in [0.717, 1.165) is 9.56 Å². The third-order valence-electron chi connectivity index (χ3n) is 3.62. The van der Waals surface area contributed by atoms with E-state index < -0.39 is 11.1 Å². The quantitative estimate of drug-likeness (QED) is 0.771. The van der Waals surface area contributed by atoms with Gasteiger partial charge in [-0.05, 0) is 24.3 Å². The summed E-state index contributed by atoms with van der Waals surface area (Å²) in [7, 11) is 1.64. The largest absolute Gasteiger partial charge is 0.339 e. The molecule has 0 unspecified atom stereocenters. The van der Waals surface area contributed by atoms with Crippen LogP contribution in [0.1, 0.15) is 4.88 Å². The monoisotopic (exact) mass is 363 g/mol. The second-order valence-electron chi connectivity index (χ2n) is 5.33. The average molecular weight is 364 g/mol. The van der Waals surface area contributed by atoms with E-state index in [1.54, 1.807) is 37.4 Å². The minimum atomic E-state index is -0.398. The van der Waals surface area contributed by atoms with E-state index in [2.05, 4.69) is 5.10 Å². The van der Waals surface area contributed by atoms with Gasteiger partial charge in [-0.3, -0.25) is 19.5 Å². The SMILES string of the molecule is CN(Cc1ccc(Cl)s1)C(=O)Cn1[nH]c(=O)c2ccccc2c1=O. The summed E-state index contributed by atoms with van der Waals surface area (Å²) in [6, 6.07) is 10.1. The van der Waals surface area contributed by atoms with Crippen molar-refractivity contribution < 1.29 is 4.79 Å². The van der Waals surface area contributed by atoms with Crippen LogP contribution in [0.4, 0.5) is 0 Å². The van der Waals surface area contributed by atoms with E-state index in [1.165, 1.54) is 16.2 Å². The second kappa shape index (κ2) is 6.62. The Hall–Kier alpha value is -2.38. The van der Waals surface area contributed by atoms with Crippen molar-refractivity contribution >= 4 is 39.6 Å². The van der Waals surface area contributed by atoms with E-state index in [9.17, 15) is 14.4 Å². The van der Waals surface area contributed by atoms with Gasteiger partial charge in [0.1, 0.15) is 6.54 Å². The predicted molar refractivity (Wildman–Crippen MR) is 94.6 cm³/mol. The van der Waals surface area contributed by atoms with Gasteiger partial charge < -0.3 is 4.90 Å². The van der Waals surface area contributed by atoms with E-state index in [4.69, 9.17) is 11.6 Å². The number of hydrogen-bond acceptors (Lipinski definition) is 4. The van der Waals surface area contributed by atoms with Crippen molar-refractivity contribution in [1.82, 2.24) is 14.7 Å². The molecule has 0 fully saturated rings. The maximum Gasteiger partial charge on any atom is 0.273 e. The van der Waals surface area contributed by atoms with Gasteiger partial charge in [-0.15, -0.1) is 11.3 Å². The Morgan fingerprint density at radius 1 is 1.21 bits per heavy atom. The number of likely N-dealkylation sites (N-methyl/N-ethyl adjacent to an activating group) is 1. The van der Waals surface area contributed by atoms with Gasteiger partial charge in [0.25, 0.3) is 11.1 Å². The molecule has 0 spiro atoms. The number of carbonyl (C=O) groups is 1. The zero-order valence-corrected chi connectivity index (χ0v) is 14.4. The van der Waals surface area contributed by atoms with Gasteiger partial charge in [-0.1, -0.05) is 23.7 Å². The number of amides is 1. The lowest BCUT2D eigenvalue weighted by molar-refractivity contribution is -0.131. The van der Waals surface area contributed by atoms with Crippen molar-refractivity contribution in [3.8, 4) is 0 Å². The van der Waals surface area contributed by atoms with E-state index in [1.807, 2.05) is 6.07 Å². The molecule has 0 saturated carbocycles. The molecule has 2 heterocycles. The van der Waals surface area contributed by atoms with Crippen LogP contribution in [0.25, 0.3) is 10.8 Å². The summed E-state index contributed by atoms with van der Waals surface area (Å²) in [6.07, 6.45) is 0. The Balaban J connectivity index is 1.84. The molecule has 1 amide bonds. The fraction of sp³-hybridized carbons (Fsp3) is 0.188. The summed E-state index contributed by atoms with van der Waals surface area (Å²) in [5.74, 6) is -0.285. The number of aromatic nitrogens is 2. The molecule has 0 aliphatic heterocycles. The molecule has 24 heavy (non-hydrogen) atoms. The Kier molecular flexibility index (Phi) is 4.55. The van der Waals surface area contributed by atoms with Gasteiger partial charge in [0.2, 0.25) is 5.91 Å². The minimum absolute atomic E-state index is 0.228. The van der Waals surface area contributed by atoms with Crippen LogP contribution in [0.2, 0.25) is 4.34 Å². The van der Waals surface area contributed by atoms with Crippen molar-refractivity contribution in [1.29, 1.82) is 0 Å². The standard InChI is InChI=1S/C16H14ClN3O3S/c1-19(8-10-6-7-13(17)24-10)14(21)9-20-16(23)12-5-3-2-4-11(12)15(22)18-20/h2-7H,8-9H2,1H3,(H,18,22). The molecule has 8 heteroatoms. The van der Waals surface area contributed by atoms with Gasteiger partial charge in [-0.2, -0.15) is 0 Å². The highest BCUT2D eigenvalue weighted by atomic mass is 35.5. The Labute approximate surface area is 145 Å². The zero-order valence-electron chi connectivity index (χ0n) is 12.8. The number of hydrogen-bond donors (Lipinski definition) is 1. The fourth-order valence-corrected chi connectivity index (χ4v) is 3.51. The molecule has 3 rings (SSSR count). The first-order valence-corrected chi connectivity index (χ1v) is 8.35. The third-order valence-corrected chi connectivity index (χ3v) is 4.84. The van der Waals surface area contributed by atoms with Crippen LogP contribution in [-0.2, 0) is 17.9 Å². The molecular formula is C16H14ClN3O3S. The first kappa shape index (κ1) is 16.5. The third kappa shape index (κ3) is 3.27. The number of nitrogens with one attached hydrogen (secondary N) is 1. The lowest BCUT2D eigenvalue weighted by atomic mass is 10.2. The Bertz CT molecular complexity index is 1020. The summed E-state index contributed by atoms with van der Waals surface area (Å²) in [6.45, 7) is 0.164. The highest BCUT2D eigenvalue weighted by molar-refractivity contribution is 7.16. The molecule has 3 aromatic rings. The Morgan fingerprint density at radius 3 is 2.58 bits per heavy atom. The van der Waals surface area contributed by atoms with Crippen LogP contribution in [0.15, 0.2) is 46.0 Å². The summed E-state index contributed by atoms with van der Waals surface area (Å²) >= 11 is 7.27. The molecule has 124 valence electrons. The Morgan fingerprint density at radius 2 is 1.92 bits per heavy atom. The number of fused-ring (bicyclic) bond motifs is 1. The number of carbonyl (C=O) groups excluding carboxylic acids is 1. The molecule has 0 aliphatic rings. The predicted octanol–water partition coefficient (Wildman–Crippen LogP) is 2.06. The summed E-state index contributed by atoms with van der Waals surface area (Å²) in [4.78, 5) is 39.2. The van der Waals surface area contributed by atoms with E-state index >= 15 is 0 Å². The number of thiophene rings is 1. The lowest BCUT2D eigenvalue weighted by Gasteiger charge is -2.17. The van der Waals surface area contributed by atoms with Crippen molar-refractivity contribution in [2.75, 3.05) is 7.05 Å². The van der Waals surface area contributed by atoms with E-state index in [0.29, 0.717) is 21.7 Å². The highest BCUT2D eigenvalue weighted by Gasteiger charge is 2.14. The van der Waals surface area contributed by atoms with Crippen molar-refractivity contribution in [2.45, 2.75) is 13.1 Å². The highest BCUT2D eigenvalue weighted by Crippen LogP contribution is 2.22. The van der Waals surface area contributed by atoms with Gasteiger partial charge in [-0.25, -0.2) is 4.68 Å². The number of benzene rings is 1. The topological polar surface area (TPSA) is 75.2 Å². The number of halogens is 1. The number of aromatic amines is 1. The molecule has 0 radical (unpaired) electrons. The number of H-pyrrole nitrogens is 1. The van der Waals surface area contributed by atoms with Crippen LogP contribution >= 0.6 is 22.9 Å². The summed E-state index contributed by atoms with van der Waals surface area (Å²) < 4.78 is 1.70. The molecule has 0 bridgehead atoms. The maximum atomic E-state index is 12.4. The maximum absolute atomic E-state index is 12.4. The smallest absolute Gasteiger partial charge is 0.273 e. The van der Waals surface area contributed by atoms with Crippen LogP contribution in [0.5, 0.6) is 0 Å². The van der Waals surface area contributed by atoms with Crippen LogP contribution < -0.4 is 11.1 Å². The zero-order chi connectivity index (χ0) is 17.3. The molecule has 0 atom stereocenters. The summed E-state index contributed by atoms with van der Waals surface area (Å²) in [5, 5.41) is 3.06. The van der Waals surface area contributed by atoms with Crippen LogP contribution in [0.3, 0.4) is 0 Å². The second-order valence-corrected chi connectivity index (χ2v) is 7.13. The van der Waals surface area contributed by atoms with Crippen molar-refractivity contribution in [2.24, 2.45) is 0 Å². The first-order chi connectivity index (χ1) is 11.5. The molecule has 0 aliphatic carbocycles. The van der Waals surface area contributed by atoms with Crippen LogP contribution in [0, 0.1) is 0 Å². The van der Waals surface area contributed by atoms with E-state index in [-0.39, 0.29) is 12.5 Å². The molecule has 2 aromatic heterocycles. The molecule has 1 N–H and O–H groups in total. The lowest BCUT2D eigenvalue weighted by Crippen LogP contribution is -2.37. The average Bonchev–Trinajstić information content (AvgIpc) is 2.97. The minimum Gasteiger partial charge on any atom is -0.339 e. The molecular weight excluding hydrogens is 350 g/mol. The molecule has 0 saturated heterocycles. The summed E-state index contributed by atoms with van der Waals surface area (Å²) in [5.41, 5.74) is -0.795. The number of rotatable bonds is 4. The fourth-order valence-electron chi connectivity index (χ4n) is 2.37. The van der Waals surface area contributed by atoms with Gasteiger partial charge in [0.05, 0.1) is 21.7 Å². The number of nitrogens with zero attached hydrogens (tertiary/aromatic N) is 2. The normalized spacial score (nSPS) is 10.9. The van der Waals surface area contributed by atoms with Gasteiger partial charge >= 0.3 is 0 Å². The molecule has 6 nitrogen and oxygen atoms in total. The molecule has 1 aromatic carbocycles.